The fourth-order valence-electron chi connectivity index (χ4n) is 3.14. The number of nitrogens with zero attached hydrogens (tertiary/aromatic N) is 1. The molecule has 0 aliphatic heterocycles. The molecular formula is C22H25ClN5O5S2+. The van der Waals surface area contributed by atoms with Crippen molar-refractivity contribution in [3.63, 3.8) is 0 Å². The number of rotatable bonds is 10. The number of phenols is 1. The van der Waals surface area contributed by atoms with Crippen LogP contribution in [-0.2, 0) is 21.2 Å². The van der Waals surface area contributed by atoms with E-state index in [0.717, 1.165) is 26.8 Å². The predicted octanol–water partition coefficient (Wildman–Crippen LogP) is 1.43. The molecule has 0 bridgehead atoms. The SMILES string of the molecule is NN(/C=C(\[NH3+])CNS(=O)(=O)c1ccc(-c2ccccc2)s1)[C@@H](Cc1ccc(O)c(Cl)c1)C(=O)NO. The zero-order valence-electron chi connectivity index (χ0n) is 18.4. The van der Waals surface area contributed by atoms with E-state index in [1.165, 1.54) is 24.4 Å². The number of hydrogen-bond donors (Lipinski definition) is 6. The first kappa shape index (κ1) is 26.6. The van der Waals surface area contributed by atoms with E-state index in [1.807, 2.05) is 30.3 Å². The molecule has 35 heavy (non-hydrogen) atoms. The lowest BCUT2D eigenvalue weighted by Crippen LogP contribution is -2.55. The molecule has 0 saturated heterocycles. The molecule has 3 aromatic rings. The van der Waals surface area contributed by atoms with E-state index in [4.69, 9.17) is 22.7 Å². The van der Waals surface area contributed by atoms with Crippen molar-refractivity contribution >= 4 is 38.9 Å². The second kappa shape index (κ2) is 11.6. The summed E-state index contributed by atoms with van der Waals surface area (Å²) in [7, 11) is -3.81. The molecule has 9 N–H and O–H groups in total. The van der Waals surface area contributed by atoms with Crippen LogP contribution in [0, 0.1) is 0 Å². The van der Waals surface area contributed by atoms with E-state index in [2.05, 4.69) is 10.5 Å². The number of hydrogen-bond acceptors (Lipinski definition) is 8. The Balaban J connectivity index is 1.68. The lowest BCUT2D eigenvalue weighted by Gasteiger charge is -2.24. The number of benzene rings is 2. The molecule has 0 aliphatic rings. The summed E-state index contributed by atoms with van der Waals surface area (Å²) in [4.78, 5) is 13.0. The van der Waals surface area contributed by atoms with Crippen LogP contribution in [0.4, 0.5) is 0 Å². The standard InChI is InChI=1S/C22H24ClN5O5S2/c23-17-10-14(6-7-19(17)29)11-18(22(30)27-31)28(25)13-16(24)12-26-35(32,33)21-9-8-20(34-21)15-4-2-1-3-5-15/h1-10,13,18,26,29,31H,11-12,24-25H2,(H,27,30)/p+1/b16-13-/t18-/m0/s1. The minimum Gasteiger partial charge on any atom is -0.506 e. The Hall–Kier alpha value is -2.97. The van der Waals surface area contributed by atoms with Crippen molar-refractivity contribution in [2.24, 2.45) is 5.84 Å². The number of thiophene rings is 1. The van der Waals surface area contributed by atoms with Gasteiger partial charge in [0.15, 0.2) is 0 Å². The number of halogens is 1. The smallest absolute Gasteiger partial charge is 0.267 e. The molecule has 13 heteroatoms. The van der Waals surface area contributed by atoms with Crippen molar-refractivity contribution in [1.29, 1.82) is 0 Å². The second-order valence-electron chi connectivity index (χ2n) is 7.53. The van der Waals surface area contributed by atoms with Crippen molar-refractivity contribution in [1.82, 2.24) is 15.2 Å². The fraction of sp³-hybridized carbons (Fsp3) is 0.136. The molecule has 1 amide bonds. The maximum atomic E-state index is 12.7. The molecule has 186 valence electrons. The Morgan fingerprint density at radius 1 is 1.20 bits per heavy atom. The Morgan fingerprint density at radius 3 is 2.57 bits per heavy atom. The monoisotopic (exact) mass is 538 g/mol. The molecule has 0 fully saturated rings. The van der Waals surface area contributed by atoms with Crippen LogP contribution in [0.1, 0.15) is 5.56 Å². The van der Waals surface area contributed by atoms with Crippen LogP contribution in [0.15, 0.2) is 76.8 Å². The molecule has 3 rings (SSSR count). The lowest BCUT2D eigenvalue weighted by molar-refractivity contribution is -0.305. The highest BCUT2D eigenvalue weighted by atomic mass is 35.5. The third kappa shape index (κ3) is 7.02. The Bertz CT molecular complexity index is 1310. The molecule has 0 aliphatic carbocycles. The van der Waals surface area contributed by atoms with Gasteiger partial charge in [0.25, 0.3) is 15.9 Å². The van der Waals surface area contributed by atoms with Crippen LogP contribution in [0.2, 0.25) is 5.02 Å². The summed E-state index contributed by atoms with van der Waals surface area (Å²) in [6.45, 7) is -0.160. The van der Waals surface area contributed by atoms with Crippen molar-refractivity contribution < 1.29 is 29.3 Å². The molecule has 1 atom stereocenters. The summed E-state index contributed by atoms with van der Waals surface area (Å²) in [5, 5.41) is 19.8. The summed E-state index contributed by atoms with van der Waals surface area (Å²) in [6.07, 6.45) is 1.34. The van der Waals surface area contributed by atoms with Gasteiger partial charge >= 0.3 is 0 Å². The normalized spacial score (nSPS) is 12.9. The molecule has 0 spiro atoms. The zero-order chi connectivity index (χ0) is 25.6. The van der Waals surface area contributed by atoms with E-state index >= 15 is 0 Å². The number of aromatic hydroxyl groups is 1. The van der Waals surface area contributed by atoms with Crippen molar-refractivity contribution in [2.45, 2.75) is 16.7 Å². The summed E-state index contributed by atoms with van der Waals surface area (Å²) in [5.74, 6) is 5.11. The van der Waals surface area contributed by atoms with Gasteiger partial charge in [-0.2, -0.15) is 0 Å². The Morgan fingerprint density at radius 2 is 1.91 bits per heavy atom. The van der Waals surface area contributed by atoms with Crippen molar-refractivity contribution in [2.75, 3.05) is 6.54 Å². The number of sulfonamides is 1. The molecule has 0 radical (unpaired) electrons. The largest absolute Gasteiger partial charge is 0.506 e. The second-order valence-corrected chi connectivity index (χ2v) is 11.0. The van der Waals surface area contributed by atoms with Gasteiger partial charge in [-0.1, -0.05) is 48.0 Å². The first-order valence-electron chi connectivity index (χ1n) is 10.2. The number of quaternary nitrogens is 1. The van der Waals surface area contributed by atoms with Gasteiger partial charge in [-0.25, -0.2) is 24.5 Å². The Labute approximate surface area is 211 Å². The minimum atomic E-state index is -3.81. The topological polar surface area (TPSA) is 173 Å². The molecular weight excluding hydrogens is 514 g/mol. The quantitative estimate of drug-likeness (QED) is 0.129. The average molecular weight is 539 g/mol. The van der Waals surface area contributed by atoms with Crippen LogP contribution in [0.25, 0.3) is 10.4 Å². The van der Waals surface area contributed by atoms with E-state index < -0.39 is 22.0 Å². The van der Waals surface area contributed by atoms with E-state index in [9.17, 15) is 18.3 Å². The zero-order valence-corrected chi connectivity index (χ0v) is 20.8. The number of phenolic OH excluding ortho intramolecular Hbond substituents is 1. The van der Waals surface area contributed by atoms with Crippen LogP contribution in [0.3, 0.4) is 0 Å². The van der Waals surface area contributed by atoms with E-state index in [-0.39, 0.29) is 33.6 Å². The maximum Gasteiger partial charge on any atom is 0.267 e. The highest BCUT2D eigenvalue weighted by Crippen LogP contribution is 2.30. The summed E-state index contributed by atoms with van der Waals surface area (Å²) in [5.41, 5.74) is 7.11. The van der Waals surface area contributed by atoms with E-state index in [0.29, 0.717) is 5.56 Å². The van der Waals surface area contributed by atoms with Gasteiger partial charge in [0.1, 0.15) is 21.7 Å². The highest BCUT2D eigenvalue weighted by molar-refractivity contribution is 7.91. The van der Waals surface area contributed by atoms with Gasteiger partial charge in [0.05, 0.1) is 17.8 Å². The molecule has 0 unspecified atom stereocenters. The number of nitrogens with two attached hydrogens (primary N) is 1. The summed E-state index contributed by atoms with van der Waals surface area (Å²) in [6, 6.07) is 16.0. The fourth-order valence-corrected chi connectivity index (χ4v) is 5.73. The molecule has 1 heterocycles. The van der Waals surface area contributed by atoms with Crippen LogP contribution in [0.5, 0.6) is 5.75 Å². The third-order valence-corrected chi connectivity index (χ3v) is 8.27. The number of hydroxylamine groups is 1. The van der Waals surface area contributed by atoms with Gasteiger partial charge < -0.3 is 10.8 Å². The van der Waals surface area contributed by atoms with Gasteiger partial charge in [-0.3, -0.25) is 15.0 Å². The van der Waals surface area contributed by atoms with Crippen LogP contribution in [-0.4, -0.2) is 42.2 Å². The lowest BCUT2D eigenvalue weighted by atomic mass is 10.0. The van der Waals surface area contributed by atoms with E-state index in [1.54, 1.807) is 17.6 Å². The molecule has 2 aromatic carbocycles. The first-order chi connectivity index (χ1) is 16.6. The van der Waals surface area contributed by atoms with Gasteiger partial charge in [0, 0.05) is 11.3 Å². The van der Waals surface area contributed by atoms with Crippen LogP contribution < -0.4 is 21.8 Å². The van der Waals surface area contributed by atoms with Crippen LogP contribution >= 0.6 is 22.9 Å². The van der Waals surface area contributed by atoms with Crippen molar-refractivity contribution in [3.8, 4) is 16.2 Å². The third-order valence-electron chi connectivity index (χ3n) is 4.94. The highest BCUT2D eigenvalue weighted by Gasteiger charge is 2.24. The minimum absolute atomic E-state index is 0.0376. The number of carbonyl (C=O) groups excluding carboxylic acids is 1. The first-order valence-corrected chi connectivity index (χ1v) is 12.9. The number of hydrazine groups is 1. The number of nitrogens with one attached hydrogen (secondary N) is 2. The summed E-state index contributed by atoms with van der Waals surface area (Å²) < 4.78 is 28.1. The van der Waals surface area contributed by atoms with Gasteiger partial charge in [-0.05, 0) is 35.4 Å². The van der Waals surface area contributed by atoms with Gasteiger partial charge in [-0.15, -0.1) is 11.3 Å². The average Bonchev–Trinajstić information content (AvgIpc) is 3.35. The Kier molecular flexibility index (Phi) is 8.86. The van der Waals surface area contributed by atoms with Gasteiger partial charge in [0.2, 0.25) is 0 Å². The molecule has 1 aromatic heterocycles. The molecule has 10 nitrogen and oxygen atoms in total. The number of amides is 1. The molecule has 0 saturated carbocycles. The van der Waals surface area contributed by atoms with Crippen molar-refractivity contribution in [3.05, 3.63) is 83.1 Å². The number of carbonyl (C=O) groups is 1. The maximum absolute atomic E-state index is 12.7. The predicted molar refractivity (Wildman–Crippen MR) is 132 cm³/mol. The summed E-state index contributed by atoms with van der Waals surface area (Å²) >= 11 is 7.05.